The maximum atomic E-state index is 9.99. The predicted octanol–water partition coefficient (Wildman–Crippen LogP) is 0.972. The number of hydrogen-bond acceptors (Lipinski definition) is 2. The lowest BCUT2D eigenvalue weighted by atomic mass is 11.3. The van der Waals surface area contributed by atoms with E-state index in [-0.39, 0.29) is 0 Å². The van der Waals surface area contributed by atoms with Crippen LogP contribution in [0.4, 0.5) is 7.77 Å². The molecule has 0 bridgehead atoms. The van der Waals surface area contributed by atoms with Gasteiger partial charge in [-0.05, 0) is 0 Å². The zero-order valence-electron chi connectivity index (χ0n) is 3.39. The molecule has 0 saturated heterocycles. The molecule has 2 nitrogen and oxygen atoms in total. The third kappa shape index (κ3) is 345. The highest BCUT2D eigenvalue weighted by atomic mass is 32.3. The first-order valence-electron chi connectivity index (χ1n) is 1.14. The molecule has 0 radical (unpaired) electrons. The van der Waals surface area contributed by atoms with Gasteiger partial charge in [-0.2, -0.15) is 8.42 Å². The Labute approximate surface area is 41.0 Å². The molecule has 0 heterocycles. The zero-order chi connectivity index (χ0) is 6.50. The van der Waals surface area contributed by atoms with Crippen molar-refractivity contribution in [3.63, 3.8) is 0 Å². The zero-order valence-corrected chi connectivity index (χ0v) is 4.21. The second-order valence-corrected chi connectivity index (χ2v) is 1.14. The topological polar surface area (TPSA) is 34.1 Å². The minimum absolute atomic E-state index is 3.00. The molecule has 0 N–H and O–H groups in total. The van der Waals surface area contributed by atoms with Crippen LogP contribution in [0, 0.1) is 0 Å². The van der Waals surface area contributed by atoms with E-state index in [1.807, 2.05) is 0 Å². The van der Waals surface area contributed by atoms with Crippen molar-refractivity contribution in [2.45, 2.75) is 0 Å². The lowest BCUT2D eigenvalue weighted by Crippen LogP contribution is -1.69. The van der Waals surface area contributed by atoms with Crippen molar-refractivity contribution >= 4 is 10.6 Å². The molecule has 0 saturated carbocycles. The second-order valence-electron chi connectivity index (χ2n) is 0.378. The fourth-order valence-electron chi connectivity index (χ4n) is 0. The van der Waals surface area contributed by atoms with E-state index in [1.54, 1.807) is 0 Å². The standard InChI is InChI=1S/C2H4.F2O2S/c1-2;1-5(2,3)4/h1-2H2;. The fraction of sp³-hybridized carbons (Fsp3) is 0. The van der Waals surface area contributed by atoms with E-state index in [1.165, 1.54) is 0 Å². The number of hydrogen-bond donors (Lipinski definition) is 0. The Balaban J connectivity index is 0. The highest BCUT2D eigenvalue weighted by molar-refractivity contribution is 7.81. The molecule has 5 heteroatoms. The van der Waals surface area contributed by atoms with E-state index >= 15 is 0 Å². The van der Waals surface area contributed by atoms with Crippen LogP contribution in [0.2, 0.25) is 0 Å². The first-order chi connectivity index (χ1) is 3.00. The van der Waals surface area contributed by atoms with Gasteiger partial charge in [-0.25, -0.2) is 0 Å². The molecule has 0 rings (SSSR count). The molecular formula is C2H4F2O2S. The Kier molecular flexibility index (Phi) is 5.19. The van der Waals surface area contributed by atoms with E-state index in [2.05, 4.69) is 13.2 Å². The summed E-state index contributed by atoms with van der Waals surface area (Å²) in [5.74, 6) is 0. The van der Waals surface area contributed by atoms with E-state index in [4.69, 9.17) is 8.42 Å². The van der Waals surface area contributed by atoms with Gasteiger partial charge in [-0.3, -0.25) is 0 Å². The fourth-order valence-corrected chi connectivity index (χ4v) is 0. The van der Waals surface area contributed by atoms with Crippen LogP contribution in [0.25, 0.3) is 0 Å². The van der Waals surface area contributed by atoms with Crippen molar-refractivity contribution in [1.82, 2.24) is 0 Å². The first-order valence-corrected chi connectivity index (χ1v) is 2.43. The van der Waals surface area contributed by atoms with Gasteiger partial charge in [0.05, 0.1) is 0 Å². The van der Waals surface area contributed by atoms with Gasteiger partial charge in [0, 0.05) is 0 Å². The maximum absolute atomic E-state index is 9.99. The van der Waals surface area contributed by atoms with Crippen LogP contribution in [-0.2, 0) is 10.6 Å². The number of halogens is 2. The lowest BCUT2D eigenvalue weighted by molar-refractivity contribution is 0.501. The van der Waals surface area contributed by atoms with Crippen LogP contribution in [0.3, 0.4) is 0 Å². The molecule has 44 valence electrons. The average molecular weight is 130 g/mol. The molecule has 0 fully saturated rings. The van der Waals surface area contributed by atoms with Crippen LogP contribution in [0.5, 0.6) is 0 Å². The molecule has 0 atom stereocenters. The molecular weight excluding hydrogens is 126 g/mol. The molecule has 0 aromatic heterocycles. The average Bonchev–Trinajstić information content (AvgIpc) is 1.36. The first kappa shape index (κ1) is 9.75. The highest BCUT2D eigenvalue weighted by Crippen LogP contribution is 1.85. The van der Waals surface area contributed by atoms with Crippen molar-refractivity contribution < 1.29 is 16.2 Å². The normalized spacial score (nSPS) is 8.86. The van der Waals surface area contributed by atoms with Crippen molar-refractivity contribution in [2.24, 2.45) is 0 Å². The van der Waals surface area contributed by atoms with Gasteiger partial charge in [0.25, 0.3) is 0 Å². The smallest absolute Gasteiger partial charge is 0.160 e. The summed E-state index contributed by atoms with van der Waals surface area (Å²) in [6, 6.07) is 0. The minimum atomic E-state index is -5.67. The Morgan fingerprint density at radius 3 is 1.14 bits per heavy atom. The van der Waals surface area contributed by atoms with Gasteiger partial charge < -0.3 is 0 Å². The predicted molar refractivity (Wildman–Crippen MR) is 22.4 cm³/mol. The summed E-state index contributed by atoms with van der Waals surface area (Å²) in [4.78, 5) is 0. The van der Waals surface area contributed by atoms with Crippen molar-refractivity contribution in [3.8, 4) is 0 Å². The van der Waals surface area contributed by atoms with E-state index < -0.39 is 10.6 Å². The lowest BCUT2D eigenvalue weighted by Gasteiger charge is -1.57. The van der Waals surface area contributed by atoms with Crippen molar-refractivity contribution in [1.29, 1.82) is 0 Å². The van der Waals surface area contributed by atoms with Gasteiger partial charge >= 0.3 is 10.6 Å². The summed E-state index contributed by atoms with van der Waals surface area (Å²) in [5.41, 5.74) is 0. The highest BCUT2D eigenvalue weighted by Gasteiger charge is 1.94. The van der Waals surface area contributed by atoms with Crippen LogP contribution in [-0.4, -0.2) is 8.42 Å². The molecule has 0 aliphatic heterocycles. The summed E-state index contributed by atoms with van der Waals surface area (Å²) in [7, 11) is -5.67. The molecule has 0 aromatic rings. The van der Waals surface area contributed by atoms with Crippen molar-refractivity contribution in [3.05, 3.63) is 13.2 Å². The summed E-state index contributed by atoms with van der Waals surface area (Å²) in [6.07, 6.45) is 0. The summed E-state index contributed by atoms with van der Waals surface area (Å²) < 4.78 is 36.6. The van der Waals surface area contributed by atoms with Crippen LogP contribution >= 0.6 is 0 Å². The molecule has 0 aliphatic carbocycles. The number of rotatable bonds is 0. The molecule has 0 spiro atoms. The third-order valence-corrected chi connectivity index (χ3v) is 0. The van der Waals surface area contributed by atoms with Crippen LogP contribution < -0.4 is 0 Å². The molecule has 0 aromatic carbocycles. The molecule has 0 unspecified atom stereocenters. The van der Waals surface area contributed by atoms with Gasteiger partial charge in [-0.15, -0.1) is 13.2 Å². The Morgan fingerprint density at radius 1 is 1.14 bits per heavy atom. The quantitative estimate of drug-likeness (QED) is 0.361. The largest absolute Gasteiger partial charge is 0.476 e. The summed E-state index contributed by atoms with van der Waals surface area (Å²) in [6.45, 7) is 6.00. The van der Waals surface area contributed by atoms with Gasteiger partial charge in [0.15, 0.2) is 0 Å². The Hall–Kier alpha value is -0.450. The van der Waals surface area contributed by atoms with Gasteiger partial charge in [-0.1, -0.05) is 7.77 Å². The van der Waals surface area contributed by atoms with Crippen LogP contribution in [0.1, 0.15) is 0 Å². The molecule has 0 aliphatic rings. The maximum Gasteiger partial charge on any atom is 0.476 e. The van der Waals surface area contributed by atoms with Gasteiger partial charge in [0.1, 0.15) is 0 Å². The minimum Gasteiger partial charge on any atom is -0.160 e. The molecule has 0 amide bonds. The monoisotopic (exact) mass is 130 g/mol. The Bertz CT molecular complexity index is 108. The SMILES string of the molecule is C=C.O=S(=O)(F)F. The van der Waals surface area contributed by atoms with E-state index in [9.17, 15) is 7.77 Å². The van der Waals surface area contributed by atoms with E-state index in [0.29, 0.717) is 0 Å². The molecule has 7 heavy (non-hydrogen) atoms. The van der Waals surface area contributed by atoms with Gasteiger partial charge in [0.2, 0.25) is 0 Å². The van der Waals surface area contributed by atoms with Crippen molar-refractivity contribution in [2.75, 3.05) is 0 Å². The third-order valence-electron chi connectivity index (χ3n) is 0. The summed E-state index contributed by atoms with van der Waals surface area (Å²) in [5, 5.41) is 0. The summed E-state index contributed by atoms with van der Waals surface area (Å²) >= 11 is 0. The second kappa shape index (κ2) is 3.73. The Morgan fingerprint density at radius 2 is 1.14 bits per heavy atom. The van der Waals surface area contributed by atoms with E-state index in [0.717, 1.165) is 0 Å². The van der Waals surface area contributed by atoms with Crippen LogP contribution in [0.15, 0.2) is 13.2 Å².